The van der Waals surface area contributed by atoms with Crippen LogP contribution in [-0.2, 0) is 33.4 Å². The first kappa shape index (κ1) is 50.2. The second-order valence-corrected chi connectivity index (χ2v) is 16.8. The van der Waals surface area contributed by atoms with E-state index in [0.29, 0.717) is 31.7 Å². The van der Waals surface area contributed by atoms with Crippen LogP contribution in [0.3, 0.4) is 0 Å². The molecule has 0 bridgehead atoms. The molecule has 2 rings (SSSR count). The predicted octanol–water partition coefficient (Wildman–Crippen LogP) is 4.34. The number of likely N-dealkylation sites (tertiary alicyclic amines) is 1. The second-order valence-electron chi connectivity index (χ2n) is 16.8. The Kier molecular flexibility index (Phi) is 21.9. The van der Waals surface area contributed by atoms with E-state index in [9.17, 15) is 24.3 Å². The zero-order valence-corrected chi connectivity index (χ0v) is 37.0. The number of likely N-dealkylation sites (N-methyl/N-ethyl adjacent to an activating group) is 2. The van der Waals surface area contributed by atoms with Crippen molar-refractivity contribution in [1.82, 2.24) is 20.0 Å². The van der Waals surface area contributed by atoms with E-state index in [1.807, 2.05) is 76.9 Å². The van der Waals surface area contributed by atoms with Gasteiger partial charge >= 0.3 is 0 Å². The van der Waals surface area contributed by atoms with Crippen LogP contribution in [0.5, 0.6) is 0 Å². The van der Waals surface area contributed by atoms with Crippen molar-refractivity contribution >= 4 is 23.5 Å². The van der Waals surface area contributed by atoms with Gasteiger partial charge in [0.25, 0.3) is 0 Å². The molecule has 0 spiro atoms. The van der Waals surface area contributed by atoms with Crippen molar-refractivity contribution in [1.29, 1.82) is 0 Å². The molecule has 326 valence electrons. The molecule has 1 aromatic carbocycles. The lowest BCUT2D eigenvalue weighted by Crippen LogP contribution is -2.54. The molecule has 1 saturated heterocycles. The van der Waals surface area contributed by atoms with Gasteiger partial charge in [-0.2, -0.15) is 0 Å². The number of Topliss-reactive ketones (excluding diaryl/α,β-unsaturated/α-hetero) is 1. The Morgan fingerprint density at radius 2 is 1.58 bits per heavy atom. The molecule has 57 heavy (non-hydrogen) atoms. The van der Waals surface area contributed by atoms with Crippen LogP contribution in [0.25, 0.3) is 0 Å². The summed E-state index contributed by atoms with van der Waals surface area (Å²) < 4.78 is 17.4. The molecule has 13 heteroatoms. The van der Waals surface area contributed by atoms with Gasteiger partial charge in [0.15, 0.2) is 5.78 Å². The fourth-order valence-electron chi connectivity index (χ4n) is 8.53. The van der Waals surface area contributed by atoms with Gasteiger partial charge in [0.1, 0.15) is 0 Å². The number of hydrogen-bond acceptors (Lipinski definition) is 10. The lowest BCUT2D eigenvalue weighted by Gasteiger charge is -2.41. The van der Waals surface area contributed by atoms with E-state index in [1.165, 1.54) is 0 Å². The van der Waals surface area contributed by atoms with Gasteiger partial charge in [0, 0.05) is 46.7 Å². The van der Waals surface area contributed by atoms with Crippen LogP contribution in [0.2, 0.25) is 0 Å². The fraction of sp³-hybridized carbons (Fsp3) is 0.773. The Bertz CT molecular complexity index is 1360. The number of nitrogens with one attached hydrogen (secondary N) is 1. The van der Waals surface area contributed by atoms with Crippen LogP contribution >= 0.6 is 0 Å². The lowest BCUT2D eigenvalue weighted by atomic mass is 9.83. The van der Waals surface area contributed by atoms with Crippen LogP contribution in [0.1, 0.15) is 99.2 Å². The van der Waals surface area contributed by atoms with Gasteiger partial charge in [0.2, 0.25) is 17.7 Å². The molecule has 3 N–H and O–H groups in total. The number of nitrogens with zero attached hydrogens (tertiary/aromatic N) is 3. The van der Waals surface area contributed by atoms with Crippen molar-refractivity contribution in [2.75, 3.05) is 61.2 Å². The minimum Gasteiger partial charge on any atom is -0.394 e. The topological polar surface area (TPSA) is 158 Å². The van der Waals surface area contributed by atoms with Gasteiger partial charge in [-0.3, -0.25) is 24.1 Å². The molecular formula is C44H76N4O9. The average molecular weight is 805 g/mol. The number of aliphatic hydroxyl groups excluding tert-OH is 2. The number of carbonyl (C=O) groups excluding carboxylic acids is 4. The zero-order chi connectivity index (χ0) is 43.0. The van der Waals surface area contributed by atoms with Crippen LogP contribution in [0.15, 0.2) is 30.3 Å². The smallest absolute Gasteiger partial charge is 0.226 e. The molecule has 1 aliphatic rings. The monoisotopic (exact) mass is 805 g/mol. The van der Waals surface area contributed by atoms with E-state index in [2.05, 4.69) is 12.2 Å². The number of amides is 3. The number of carbonyl (C=O) groups is 4. The first-order valence-corrected chi connectivity index (χ1v) is 21.0. The van der Waals surface area contributed by atoms with Gasteiger partial charge in [-0.1, -0.05) is 85.2 Å². The third-order valence-corrected chi connectivity index (χ3v) is 12.0. The normalized spacial score (nSPS) is 19.5. The highest BCUT2D eigenvalue weighted by atomic mass is 16.5. The standard InChI is InChI=1S/C44H76N4O9/c1-13-30(6)40(47(10)44(54)34(28(2)3)26-36(50)39(29(4)5)46(9)22-24-57-25-23-49)37(55-11)27-38(51)48-21-17-20-35(48)42(56-12)31(7)43(53)45-32(8)41(52)33-18-15-14-16-19-33/h14-16,18-19,28-32,34-35,37,39-42,49,52H,13,17,20-27H2,1-12H3,(H,45,53)/t30-,31+,32+,34-,35-,37+,39-,40-,41+,42+/m0/s1. The molecule has 3 amide bonds. The summed E-state index contributed by atoms with van der Waals surface area (Å²) in [4.78, 5) is 61.6. The predicted molar refractivity (Wildman–Crippen MR) is 222 cm³/mol. The molecule has 0 saturated carbocycles. The van der Waals surface area contributed by atoms with Crippen molar-refractivity contribution < 1.29 is 43.6 Å². The third kappa shape index (κ3) is 14.1. The van der Waals surface area contributed by atoms with E-state index in [-0.39, 0.29) is 73.4 Å². The molecule has 1 aliphatic heterocycles. The highest BCUT2D eigenvalue weighted by Gasteiger charge is 2.43. The van der Waals surface area contributed by atoms with Gasteiger partial charge < -0.3 is 39.5 Å². The largest absolute Gasteiger partial charge is 0.394 e. The number of hydrogen-bond donors (Lipinski definition) is 3. The summed E-state index contributed by atoms with van der Waals surface area (Å²) in [6.45, 7) is 17.2. The molecule has 13 nitrogen and oxygen atoms in total. The summed E-state index contributed by atoms with van der Waals surface area (Å²) in [5.74, 6) is -1.88. The molecule has 0 radical (unpaired) electrons. The minimum absolute atomic E-state index is 0.00817. The average Bonchev–Trinajstić information content (AvgIpc) is 3.67. The number of rotatable bonds is 26. The highest BCUT2D eigenvalue weighted by molar-refractivity contribution is 5.90. The molecule has 1 heterocycles. The van der Waals surface area contributed by atoms with E-state index in [0.717, 1.165) is 12.8 Å². The van der Waals surface area contributed by atoms with E-state index < -0.39 is 48.3 Å². The van der Waals surface area contributed by atoms with Gasteiger partial charge in [-0.25, -0.2) is 0 Å². The summed E-state index contributed by atoms with van der Waals surface area (Å²) in [6.07, 6.45) is 0.181. The Morgan fingerprint density at radius 1 is 0.930 bits per heavy atom. The summed E-state index contributed by atoms with van der Waals surface area (Å²) >= 11 is 0. The Labute approximate surface area is 343 Å². The number of ether oxygens (including phenoxy) is 3. The summed E-state index contributed by atoms with van der Waals surface area (Å²) in [7, 11) is 6.77. The van der Waals surface area contributed by atoms with Crippen LogP contribution < -0.4 is 5.32 Å². The maximum Gasteiger partial charge on any atom is 0.226 e. The molecule has 0 aromatic heterocycles. The quantitative estimate of drug-likeness (QED) is 0.115. The van der Waals surface area contributed by atoms with Crippen molar-refractivity contribution in [2.45, 2.75) is 130 Å². The highest BCUT2D eigenvalue weighted by Crippen LogP contribution is 2.31. The fourth-order valence-corrected chi connectivity index (χ4v) is 8.53. The lowest BCUT2D eigenvalue weighted by molar-refractivity contribution is -0.149. The summed E-state index contributed by atoms with van der Waals surface area (Å²) in [5, 5.41) is 22.9. The van der Waals surface area contributed by atoms with Crippen LogP contribution in [0, 0.1) is 29.6 Å². The molecular weight excluding hydrogens is 729 g/mol. The number of benzene rings is 1. The maximum absolute atomic E-state index is 14.5. The van der Waals surface area contributed by atoms with E-state index in [4.69, 9.17) is 19.3 Å². The van der Waals surface area contributed by atoms with Gasteiger partial charge in [-0.15, -0.1) is 0 Å². The SMILES string of the molecule is CC[C@H](C)[C@@H]([C@@H](CC(=O)N1CCC[C@H]1[C@H](OC)[C@@H](C)C(=O)N[C@H](C)[C@@H](O)c1ccccc1)OC)N(C)C(=O)[C@@H](CC(=O)[C@H](C(C)C)N(C)CCOCCO)C(C)C. The number of aliphatic hydroxyl groups is 2. The van der Waals surface area contributed by atoms with Crippen LogP contribution in [-0.4, -0.2) is 146 Å². The van der Waals surface area contributed by atoms with E-state index >= 15 is 0 Å². The molecule has 1 aromatic rings. The Morgan fingerprint density at radius 3 is 2.12 bits per heavy atom. The van der Waals surface area contributed by atoms with Crippen molar-refractivity contribution in [3.8, 4) is 0 Å². The van der Waals surface area contributed by atoms with Crippen molar-refractivity contribution in [3.05, 3.63) is 35.9 Å². The molecule has 0 unspecified atom stereocenters. The second kappa shape index (κ2) is 24.9. The van der Waals surface area contributed by atoms with Gasteiger partial charge in [0.05, 0.1) is 74.6 Å². The number of ketones is 1. The first-order chi connectivity index (χ1) is 27.0. The van der Waals surface area contributed by atoms with Crippen molar-refractivity contribution in [2.24, 2.45) is 29.6 Å². The van der Waals surface area contributed by atoms with Gasteiger partial charge in [-0.05, 0) is 50.1 Å². The minimum atomic E-state index is -0.883. The maximum atomic E-state index is 14.5. The number of methoxy groups -OCH3 is 2. The molecule has 1 fully saturated rings. The molecule has 0 aliphatic carbocycles. The van der Waals surface area contributed by atoms with Crippen LogP contribution in [0.4, 0.5) is 0 Å². The Hall–Kier alpha value is -2.94. The van der Waals surface area contributed by atoms with Crippen molar-refractivity contribution in [3.63, 3.8) is 0 Å². The molecule has 10 atom stereocenters. The summed E-state index contributed by atoms with van der Waals surface area (Å²) in [5.41, 5.74) is 0.707. The Balaban J connectivity index is 2.24. The van der Waals surface area contributed by atoms with E-state index in [1.54, 1.807) is 44.9 Å². The summed E-state index contributed by atoms with van der Waals surface area (Å²) in [6, 6.07) is 7.44. The third-order valence-electron chi connectivity index (χ3n) is 12.0. The zero-order valence-electron chi connectivity index (χ0n) is 37.0. The first-order valence-electron chi connectivity index (χ1n) is 21.0.